The minimum atomic E-state index is 0.00291. The van der Waals surface area contributed by atoms with Gasteiger partial charge in [-0.2, -0.15) is 0 Å². The number of amides is 2. The highest BCUT2D eigenvalue weighted by molar-refractivity contribution is 9.10. The van der Waals surface area contributed by atoms with Crippen molar-refractivity contribution in [3.63, 3.8) is 0 Å². The van der Waals surface area contributed by atoms with Gasteiger partial charge in [0.15, 0.2) is 0 Å². The van der Waals surface area contributed by atoms with Gasteiger partial charge in [-0.25, -0.2) is 4.98 Å². The van der Waals surface area contributed by atoms with Crippen LogP contribution < -0.4 is 15.5 Å². The molecule has 2 N–H and O–H groups in total. The van der Waals surface area contributed by atoms with Gasteiger partial charge in [0, 0.05) is 23.5 Å². The van der Waals surface area contributed by atoms with Crippen LogP contribution >= 0.6 is 15.9 Å². The lowest BCUT2D eigenvalue weighted by atomic mass is 10.1. The smallest absolute Gasteiger partial charge is 0.239 e. The third kappa shape index (κ3) is 3.72. The molecule has 2 atom stereocenters. The Labute approximate surface area is 160 Å². The van der Waals surface area contributed by atoms with E-state index >= 15 is 0 Å². The van der Waals surface area contributed by atoms with Gasteiger partial charge in [-0.15, -0.1) is 0 Å². The number of pyridine rings is 1. The molecule has 1 saturated heterocycles. The summed E-state index contributed by atoms with van der Waals surface area (Å²) in [5.74, 6) is 1.09. The Bertz CT molecular complexity index is 822. The van der Waals surface area contributed by atoms with Crippen molar-refractivity contribution in [3.8, 4) is 0 Å². The lowest BCUT2D eigenvalue weighted by Crippen LogP contribution is -2.48. The molecule has 0 unspecified atom stereocenters. The second kappa shape index (κ2) is 7.07. The van der Waals surface area contributed by atoms with Crippen LogP contribution in [-0.4, -0.2) is 36.4 Å². The molecular formula is C19H19BrN4O2. The first-order chi connectivity index (χ1) is 12.6. The van der Waals surface area contributed by atoms with E-state index < -0.39 is 0 Å². The van der Waals surface area contributed by atoms with Crippen LogP contribution in [0.5, 0.6) is 0 Å². The Morgan fingerprint density at radius 1 is 1.23 bits per heavy atom. The fourth-order valence-electron chi connectivity index (χ4n) is 3.28. The van der Waals surface area contributed by atoms with E-state index in [2.05, 4.69) is 43.7 Å². The first-order valence-electron chi connectivity index (χ1n) is 8.64. The lowest BCUT2D eigenvalue weighted by molar-refractivity contribution is -0.120. The van der Waals surface area contributed by atoms with Crippen molar-refractivity contribution in [1.29, 1.82) is 0 Å². The zero-order valence-electron chi connectivity index (χ0n) is 14.1. The van der Waals surface area contributed by atoms with E-state index in [9.17, 15) is 9.59 Å². The molecule has 2 aliphatic rings. The maximum absolute atomic E-state index is 12.4. The lowest BCUT2D eigenvalue weighted by Gasteiger charge is -2.27. The topological polar surface area (TPSA) is 74.3 Å². The molecule has 4 rings (SSSR count). The Morgan fingerprint density at radius 2 is 2.04 bits per heavy atom. The second-order valence-corrected chi connectivity index (χ2v) is 7.58. The molecule has 1 aliphatic heterocycles. The second-order valence-electron chi connectivity index (χ2n) is 6.67. The van der Waals surface area contributed by atoms with E-state index in [1.54, 1.807) is 6.20 Å². The number of anilines is 2. The van der Waals surface area contributed by atoms with E-state index in [1.165, 1.54) is 5.56 Å². The number of carbonyl (C=O) groups is 2. The van der Waals surface area contributed by atoms with Crippen LogP contribution in [0.2, 0.25) is 0 Å². The van der Waals surface area contributed by atoms with Crippen molar-refractivity contribution in [2.45, 2.75) is 12.3 Å². The normalized spacial score (nSPS) is 21.9. The number of hydrogen-bond donors (Lipinski definition) is 2. The van der Waals surface area contributed by atoms with Crippen molar-refractivity contribution in [2.24, 2.45) is 5.92 Å². The van der Waals surface area contributed by atoms with Crippen molar-refractivity contribution in [1.82, 2.24) is 10.3 Å². The van der Waals surface area contributed by atoms with Crippen LogP contribution in [0, 0.1) is 5.92 Å². The molecule has 2 heterocycles. The number of piperazine rings is 1. The van der Waals surface area contributed by atoms with Gasteiger partial charge in [0.1, 0.15) is 5.82 Å². The van der Waals surface area contributed by atoms with Crippen LogP contribution in [-0.2, 0) is 9.59 Å². The summed E-state index contributed by atoms with van der Waals surface area (Å²) in [4.78, 5) is 30.2. The standard InChI is InChI=1S/C19H19BrN4O2/c20-13-3-1-12(2-4-13)15-9-16(15)19(26)23-14-5-6-17(22-10-14)24-8-7-21-18(25)11-24/h1-6,10,15-16H,7-9,11H2,(H,21,25)(H,23,26)/t15-,16+/m0/s1. The van der Waals surface area contributed by atoms with Crippen LogP contribution in [0.1, 0.15) is 17.9 Å². The highest BCUT2D eigenvalue weighted by Crippen LogP contribution is 2.48. The Hall–Kier alpha value is -2.41. The number of rotatable bonds is 4. The number of carbonyl (C=O) groups excluding carboxylic acids is 2. The summed E-state index contributed by atoms with van der Waals surface area (Å²) >= 11 is 3.43. The molecule has 2 fully saturated rings. The molecule has 2 amide bonds. The average Bonchev–Trinajstić information content (AvgIpc) is 3.44. The van der Waals surface area contributed by atoms with Crippen molar-refractivity contribution in [3.05, 3.63) is 52.6 Å². The van der Waals surface area contributed by atoms with E-state index in [1.807, 2.05) is 29.2 Å². The van der Waals surface area contributed by atoms with Gasteiger partial charge < -0.3 is 15.5 Å². The molecule has 1 aliphatic carbocycles. The SMILES string of the molecule is O=C1CN(c2ccc(NC(=O)[C@@H]3C[C@H]3c3ccc(Br)cc3)cn2)CCN1. The van der Waals surface area contributed by atoms with E-state index in [0.717, 1.165) is 23.3 Å². The first-order valence-corrected chi connectivity index (χ1v) is 9.43. The van der Waals surface area contributed by atoms with Gasteiger partial charge >= 0.3 is 0 Å². The summed E-state index contributed by atoms with van der Waals surface area (Å²) in [6, 6.07) is 11.8. The van der Waals surface area contributed by atoms with Crippen LogP contribution in [0.25, 0.3) is 0 Å². The third-order valence-corrected chi connectivity index (χ3v) is 5.33. The van der Waals surface area contributed by atoms with E-state index in [0.29, 0.717) is 24.7 Å². The zero-order chi connectivity index (χ0) is 18.1. The van der Waals surface area contributed by atoms with E-state index in [-0.39, 0.29) is 17.7 Å². The highest BCUT2D eigenvalue weighted by atomic mass is 79.9. The minimum Gasteiger partial charge on any atom is -0.353 e. The van der Waals surface area contributed by atoms with Crippen LogP contribution in [0.4, 0.5) is 11.5 Å². The number of nitrogens with zero attached hydrogens (tertiary/aromatic N) is 2. The van der Waals surface area contributed by atoms with Crippen molar-refractivity contribution >= 4 is 39.2 Å². The molecular weight excluding hydrogens is 396 g/mol. The molecule has 1 saturated carbocycles. The highest BCUT2D eigenvalue weighted by Gasteiger charge is 2.43. The van der Waals surface area contributed by atoms with Gasteiger partial charge in [0.2, 0.25) is 11.8 Å². The van der Waals surface area contributed by atoms with Gasteiger partial charge in [-0.1, -0.05) is 28.1 Å². The Kier molecular flexibility index (Phi) is 4.63. The summed E-state index contributed by atoms with van der Waals surface area (Å²) in [6.07, 6.45) is 2.53. The Balaban J connectivity index is 1.35. The van der Waals surface area contributed by atoms with Crippen LogP contribution in [0.3, 0.4) is 0 Å². The number of aromatic nitrogens is 1. The average molecular weight is 415 g/mol. The van der Waals surface area contributed by atoms with Gasteiger partial charge in [0.25, 0.3) is 0 Å². The zero-order valence-corrected chi connectivity index (χ0v) is 15.7. The summed E-state index contributed by atoms with van der Waals surface area (Å²) in [5, 5.41) is 5.74. The molecule has 7 heteroatoms. The predicted octanol–water partition coefficient (Wildman–Crippen LogP) is 2.52. The molecule has 26 heavy (non-hydrogen) atoms. The maximum atomic E-state index is 12.4. The summed E-state index contributed by atoms with van der Waals surface area (Å²) in [7, 11) is 0. The number of halogens is 1. The molecule has 1 aromatic carbocycles. The van der Waals surface area contributed by atoms with Crippen molar-refractivity contribution in [2.75, 3.05) is 29.9 Å². The Morgan fingerprint density at radius 3 is 2.73 bits per heavy atom. The molecule has 6 nitrogen and oxygen atoms in total. The molecule has 0 spiro atoms. The van der Waals surface area contributed by atoms with Crippen molar-refractivity contribution < 1.29 is 9.59 Å². The third-order valence-electron chi connectivity index (χ3n) is 4.80. The molecule has 1 aromatic heterocycles. The summed E-state index contributed by atoms with van der Waals surface area (Å²) in [6.45, 7) is 1.68. The fourth-order valence-corrected chi connectivity index (χ4v) is 3.54. The van der Waals surface area contributed by atoms with Gasteiger partial charge in [-0.3, -0.25) is 9.59 Å². The maximum Gasteiger partial charge on any atom is 0.239 e. The summed E-state index contributed by atoms with van der Waals surface area (Å²) < 4.78 is 1.04. The fraction of sp³-hybridized carbons (Fsp3) is 0.316. The van der Waals surface area contributed by atoms with Gasteiger partial charge in [-0.05, 0) is 42.2 Å². The largest absolute Gasteiger partial charge is 0.353 e. The molecule has 0 radical (unpaired) electrons. The first kappa shape index (κ1) is 17.0. The quantitative estimate of drug-likeness (QED) is 0.805. The number of hydrogen-bond acceptors (Lipinski definition) is 4. The van der Waals surface area contributed by atoms with Crippen LogP contribution in [0.15, 0.2) is 47.1 Å². The van der Waals surface area contributed by atoms with E-state index in [4.69, 9.17) is 0 Å². The van der Waals surface area contributed by atoms with Gasteiger partial charge in [0.05, 0.1) is 18.4 Å². The number of benzene rings is 1. The number of nitrogens with one attached hydrogen (secondary N) is 2. The minimum absolute atomic E-state index is 0.00291. The molecule has 134 valence electrons. The molecule has 2 aromatic rings. The monoisotopic (exact) mass is 414 g/mol. The predicted molar refractivity (Wildman–Crippen MR) is 103 cm³/mol. The summed E-state index contributed by atoms with van der Waals surface area (Å²) in [5.41, 5.74) is 1.88. The molecule has 0 bridgehead atoms.